The smallest absolute Gasteiger partial charge is 0.337 e. The van der Waals surface area contributed by atoms with Gasteiger partial charge in [0, 0.05) is 15.3 Å². The largest absolute Gasteiger partial charge is 0.478 e. The molecule has 2 aromatic carbocycles. The number of hydrogen-bond donors (Lipinski definition) is 2. The second-order valence-corrected chi connectivity index (χ2v) is 8.56. The van der Waals surface area contributed by atoms with E-state index in [4.69, 9.17) is 16.7 Å². The van der Waals surface area contributed by atoms with Gasteiger partial charge < -0.3 is 15.1 Å². The standard InChI is InChI=1S/C23H26ClNO3.2H2/c24-21-14-16(6-7-19(21)22(26)27)8-11-23(28,18-4-2-1-3-5-18)20-15-25-12-9-17(20)10-13-25;;/h1-7,14,17,20,28H,8-13,15H2,(H,26,27);2*1H. The van der Waals surface area contributed by atoms with Gasteiger partial charge in [0.05, 0.1) is 16.2 Å². The molecular formula is C23H30ClNO3. The number of aromatic carboxylic acids is 1. The van der Waals surface area contributed by atoms with Crippen molar-refractivity contribution in [1.29, 1.82) is 0 Å². The Labute approximate surface area is 173 Å². The van der Waals surface area contributed by atoms with Gasteiger partial charge in [-0.2, -0.15) is 0 Å². The summed E-state index contributed by atoms with van der Waals surface area (Å²) in [6.45, 7) is 3.21. The van der Waals surface area contributed by atoms with Gasteiger partial charge in [-0.15, -0.1) is 0 Å². The van der Waals surface area contributed by atoms with Gasteiger partial charge in [-0.3, -0.25) is 0 Å². The van der Waals surface area contributed by atoms with Crippen LogP contribution in [-0.2, 0) is 12.0 Å². The van der Waals surface area contributed by atoms with Gasteiger partial charge in [-0.25, -0.2) is 4.79 Å². The van der Waals surface area contributed by atoms with E-state index in [1.54, 1.807) is 18.2 Å². The molecule has 3 fully saturated rings. The molecule has 3 aliphatic heterocycles. The lowest BCUT2D eigenvalue weighted by Gasteiger charge is -2.51. The Kier molecular flexibility index (Phi) is 5.46. The fourth-order valence-electron chi connectivity index (χ4n) is 5.00. The predicted molar refractivity (Wildman–Crippen MR) is 114 cm³/mol. The summed E-state index contributed by atoms with van der Waals surface area (Å²) in [6, 6.07) is 15.1. The van der Waals surface area contributed by atoms with Crippen LogP contribution in [0.3, 0.4) is 0 Å². The molecule has 152 valence electrons. The molecule has 3 heterocycles. The molecule has 0 aliphatic carbocycles. The summed E-state index contributed by atoms with van der Waals surface area (Å²) in [7, 11) is 0. The Hall–Kier alpha value is -1.88. The van der Waals surface area contributed by atoms with E-state index in [0.29, 0.717) is 18.8 Å². The van der Waals surface area contributed by atoms with Gasteiger partial charge in [0.1, 0.15) is 0 Å². The maximum absolute atomic E-state index is 11.9. The number of carboxylic acids is 1. The van der Waals surface area contributed by atoms with Gasteiger partial charge in [-0.05, 0) is 68.0 Å². The molecule has 5 heteroatoms. The zero-order chi connectivity index (χ0) is 19.7. The zero-order valence-electron chi connectivity index (χ0n) is 15.9. The minimum Gasteiger partial charge on any atom is -0.478 e. The van der Waals surface area contributed by atoms with E-state index in [-0.39, 0.29) is 19.4 Å². The van der Waals surface area contributed by atoms with Crippen LogP contribution in [0.15, 0.2) is 48.5 Å². The van der Waals surface area contributed by atoms with E-state index in [1.165, 1.54) is 0 Å². The number of fused-ring (bicyclic) bond motifs is 3. The lowest BCUT2D eigenvalue weighted by Crippen LogP contribution is -2.55. The van der Waals surface area contributed by atoms with Crippen molar-refractivity contribution < 1.29 is 17.9 Å². The van der Waals surface area contributed by atoms with Crippen LogP contribution in [0.2, 0.25) is 5.02 Å². The summed E-state index contributed by atoms with van der Waals surface area (Å²) in [5, 5.41) is 21.4. The van der Waals surface area contributed by atoms with Crippen LogP contribution in [0, 0.1) is 11.8 Å². The average molecular weight is 404 g/mol. The van der Waals surface area contributed by atoms with Crippen LogP contribution in [0.25, 0.3) is 0 Å². The van der Waals surface area contributed by atoms with Gasteiger partial charge >= 0.3 is 5.97 Å². The van der Waals surface area contributed by atoms with Crippen molar-refractivity contribution in [2.45, 2.75) is 31.3 Å². The minimum absolute atomic E-state index is 0. The van der Waals surface area contributed by atoms with Crippen molar-refractivity contribution in [3.63, 3.8) is 0 Å². The third kappa shape index (κ3) is 3.69. The van der Waals surface area contributed by atoms with Crippen LogP contribution < -0.4 is 0 Å². The van der Waals surface area contributed by atoms with Crippen LogP contribution in [0.1, 0.15) is 43.6 Å². The molecule has 2 unspecified atom stereocenters. The number of halogens is 1. The molecule has 0 radical (unpaired) electrons. The van der Waals surface area contributed by atoms with Gasteiger partial charge in [0.15, 0.2) is 0 Å². The Morgan fingerprint density at radius 2 is 1.89 bits per heavy atom. The SMILES string of the molecule is O=C(O)c1ccc(CCC(O)(c2ccccc2)C2CN3CCC2CC3)cc1Cl.[HH].[HH]. The number of hydrogen-bond acceptors (Lipinski definition) is 3. The van der Waals surface area contributed by atoms with E-state index in [1.807, 2.05) is 30.3 Å². The quantitative estimate of drug-likeness (QED) is 0.734. The lowest BCUT2D eigenvalue weighted by atomic mass is 9.66. The van der Waals surface area contributed by atoms with Crippen LogP contribution >= 0.6 is 11.6 Å². The fourth-order valence-corrected chi connectivity index (χ4v) is 5.28. The van der Waals surface area contributed by atoms with E-state index >= 15 is 0 Å². The van der Waals surface area contributed by atoms with E-state index in [2.05, 4.69) is 4.90 Å². The molecular weight excluding hydrogens is 374 g/mol. The van der Waals surface area contributed by atoms with Crippen LogP contribution in [0.5, 0.6) is 0 Å². The number of carboxylic acid groups (broad SMARTS) is 1. The molecule has 2 atom stereocenters. The first-order valence-corrected chi connectivity index (χ1v) is 10.4. The number of benzene rings is 2. The monoisotopic (exact) mass is 403 g/mol. The van der Waals surface area contributed by atoms with Crippen molar-refractivity contribution in [3.05, 3.63) is 70.2 Å². The third-order valence-corrected chi connectivity index (χ3v) is 6.91. The molecule has 2 N–H and O–H groups in total. The summed E-state index contributed by atoms with van der Waals surface area (Å²) >= 11 is 6.14. The molecule has 0 aromatic heterocycles. The Morgan fingerprint density at radius 3 is 2.46 bits per heavy atom. The van der Waals surface area contributed by atoms with Crippen molar-refractivity contribution >= 4 is 17.6 Å². The van der Waals surface area contributed by atoms with Crippen molar-refractivity contribution in [3.8, 4) is 0 Å². The van der Waals surface area contributed by atoms with Crippen molar-refractivity contribution in [2.24, 2.45) is 11.8 Å². The van der Waals surface area contributed by atoms with Gasteiger partial charge in [-0.1, -0.05) is 48.0 Å². The van der Waals surface area contributed by atoms with Crippen LogP contribution in [-0.4, -0.2) is 40.7 Å². The van der Waals surface area contributed by atoms with E-state index < -0.39 is 11.6 Å². The summed E-state index contributed by atoms with van der Waals surface area (Å²) < 4.78 is 0. The number of nitrogens with zero attached hydrogens (tertiary/aromatic N) is 1. The maximum Gasteiger partial charge on any atom is 0.337 e. The molecule has 0 saturated carbocycles. The Balaban J connectivity index is 0.00000160. The number of aliphatic hydroxyl groups is 1. The Morgan fingerprint density at radius 1 is 1.18 bits per heavy atom. The van der Waals surface area contributed by atoms with Crippen molar-refractivity contribution in [1.82, 2.24) is 4.90 Å². The summed E-state index contributed by atoms with van der Waals surface area (Å²) in [6.07, 6.45) is 3.54. The summed E-state index contributed by atoms with van der Waals surface area (Å²) in [5.41, 5.74) is 1.14. The normalized spacial score (nSPS) is 26.0. The number of rotatable bonds is 6. The van der Waals surface area contributed by atoms with Gasteiger partial charge in [0.25, 0.3) is 0 Å². The number of piperidine rings is 3. The average Bonchev–Trinajstić information content (AvgIpc) is 2.73. The molecule has 5 rings (SSSR count). The minimum atomic E-state index is -1.02. The second kappa shape index (κ2) is 7.86. The van der Waals surface area contributed by atoms with Crippen LogP contribution in [0.4, 0.5) is 0 Å². The highest BCUT2D eigenvalue weighted by Gasteiger charge is 2.47. The highest BCUT2D eigenvalue weighted by molar-refractivity contribution is 6.33. The van der Waals surface area contributed by atoms with E-state index in [9.17, 15) is 9.90 Å². The third-order valence-electron chi connectivity index (χ3n) is 6.60. The predicted octanol–water partition coefficient (Wildman–Crippen LogP) is 4.69. The highest BCUT2D eigenvalue weighted by Crippen LogP contribution is 2.45. The first kappa shape index (κ1) is 19.4. The first-order chi connectivity index (χ1) is 13.5. The number of aryl methyl sites for hydroxylation is 1. The molecule has 0 amide bonds. The molecule has 3 aliphatic rings. The molecule has 2 aromatic rings. The topological polar surface area (TPSA) is 60.8 Å². The highest BCUT2D eigenvalue weighted by atomic mass is 35.5. The van der Waals surface area contributed by atoms with E-state index in [0.717, 1.165) is 43.6 Å². The first-order valence-electron chi connectivity index (χ1n) is 9.99. The summed E-state index contributed by atoms with van der Waals surface area (Å²) in [5.74, 6) is -0.260. The van der Waals surface area contributed by atoms with Gasteiger partial charge in [0.2, 0.25) is 0 Å². The molecule has 4 nitrogen and oxygen atoms in total. The molecule has 3 saturated heterocycles. The van der Waals surface area contributed by atoms with Crippen molar-refractivity contribution in [2.75, 3.05) is 19.6 Å². The second-order valence-electron chi connectivity index (χ2n) is 8.15. The fraction of sp³-hybridized carbons (Fsp3) is 0.435. The zero-order valence-corrected chi connectivity index (χ0v) is 16.6. The summed E-state index contributed by atoms with van der Waals surface area (Å²) in [4.78, 5) is 13.7. The Bertz CT molecular complexity index is 859. The molecule has 2 bridgehead atoms. The molecule has 28 heavy (non-hydrogen) atoms. The maximum atomic E-state index is 11.9. The number of carbonyl (C=O) groups is 1. The molecule has 0 spiro atoms. The lowest BCUT2D eigenvalue weighted by molar-refractivity contribution is -0.106.